The van der Waals surface area contributed by atoms with E-state index in [1.54, 1.807) is 7.11 Å². The van der Waals surface area contributed by atoms with Crippen LogP contribution in [0.5, 0.6) is 11.5 Å². The van der Waals surface area contributed by atoms with E-state index in [1.165, 1.54) is 0 Å². The standard InChI is InChI=1S/C14H13Br2NO2/c1-19-13-6-5-10(7-12(13)16)17-8-9-3-2-4-11(15)14(9)18/h2-7,17-18H,8H2,1H3. The van der Waals surface area contributed by atoms with E-state index in [0.29, 0.717) is 11.0 Å². The fourth-order valence-electron chi connectivity index (χ4n) is 1.68. The van der Waals surface area contributed by atoms with Crippen molar-refractivity contribution in [3.63, 3.8) is 0 Å². The number of aromatic hydroxyl groups is 1. The Kier molecular flexibility index (Phi) is 4.71. The number of benzene rings is 2. The molecule has 100 valence electrons. The van der Waals surface area contributed by atoms with Gasteiger partial charge in [-0.3, -0.25) is 0 Å². The van der Waals surface area contributed by atoms with E-state index >= 15 is 0 Å². The Balaban J connectivity index is 2.10. The van der Waals surface area contributed by atoms with Gasteiger partial charge in [0.2, 0.25) is 0 Å². The lowest BCUT2D eigenvalue weighted by molar-refractivity contribution is 0.412. The van der Waals surface area contributed by atoms with Crippen LogP contribution in [0.4, 0.5) is 5.69 Å². The average Bonchev–Trinajstić information content (AvgIpc) is 2.40. The predicted molar refractivity (Wildman–Crippen MR) is 83.8 cm³/mol. The van der Waals surface area contributed by atoms with Crippen LogP contribution in [-0.2, 0) is 6.54 Å². The summed E-state index contributed by atoms with van der Waals surface area (Å²) in [6, 6.07) is 11.3. The fourth-order valence-corrected chi connectivity index (χ4v) is 2.62. The number of halogens is 2. The third kappa shape index (κ3) is 3.42. The second-order valence-corrected chi connectivity index (χ2v) is 5.66. The first kappa shape index (κ1) is 14.2. The highest BCUT2D eigenvalue weighted by atomic mass is 79.9. The van der Waals surface area contributed by atoms with Gasteiger partial charge >= 0.3 is 0 Å². The lowest BCUT2D eigenvalue weighted by Crippen LogP contribution is -2.00. The Bertz CT molecular complexity index is 588. The molecule has 0 amide bonds. The molecule has 0 bridgehead atoms. The van der Waals surface area contributed by atoms with Gasteiger partial charge in [0.05, 0.1) is 16.1 Å². The zero-order valence-electron chi connectivity index (χ0n) is 10.3. The molecule has 0 radical (unpaired) electrons. The Morgan fingerprint density at radius 2 is 1.95 bits per heavy atom. The normalized spacial score (nSPS) is 10.3. The lowest BCUT2D eigenvalue weighted by atomic mass is 10.2. The molecule has 0 saturated heterocycles. The number of rotatable bonds is 4. The highest BCUT2D eigenvalue weighted by molar-refractivity contribution is 9.10. The van der Waals surface area contributed by atoms with Gasteiger partial charge in [0, 0.05) is 17.8 Å². The summed E-state index contributed by atoms with van der Waals surface area (Å²) < 4.78 is 6.76. The minimum Gasteiger partial charge on any atom is -0.506 e. The summed E-state index contributed by atoms with van der Waals surface area (Å²) in [5.74, 6) is 1.05. The molecule has 2 aromatic carbocycles. The van der Waals surface area contributed by atoms with Crippen molar-refractivity contribution < 1.29 is 9.84 Å². The summed E-state index contributed by atoms with van der Waals surface area (Å²) in [7, 11) is 1.63. The average molecular weight is 387 g/mol. The third-order valence-electron chi connectivity index (χ3n) is 2.71. The van der Waals surface area contributed by atoms with Crippen LogP contribution in [0.25, 0.3) is 0 Å². The lowest BCUT2D eigenvalue weighted by Gasteiger charge is -2.10. The van der Waals surface area contributed by atoms with E-state index in [-0.39, 0.29) is 5.75 Å². The van der Waals surface area contributed by atoms with Crippen LogP contribution in [0.15, 0.2) is 45.3 Å². The number of ether oxygens (including phenoxy) is 1. The maximum Gasteiger partial charge on any atom is 0.134 e. The van der Waals surface area contributed by atoms with E-state index in [0.717, 1.165) is 21.5 Å². The first-order valence-electron chi connectivity index (χ1n) is 5.65. The van der Waals surface area contributed by atoms with E-state index < -0.39 is 0 Å². The van der Waals surface area contributed by atoms with Crippen molar-refractivity contribution in [1.82, 2.24) is 0 Å². The molecule has 0 aliphatic heterocycles. The molecule has 0 heterocycles. The highest BCUT2D eigenvalue weighted by Crippen LogP contribution is 2.30. The summed E-state index contributed by atoms with van der Waals surface area (Å²) >= 11 is 6.74. The molecule has 2 aromatic rings. The number of phenols is 1. The number of hydrogen-bond donors (Lipinski definition) is 2. The van der Waals surface area contributed by atoms with Crippen LogP contribution >= 0.6 is 31.9 Å². The molecule has 5 heteroatoms. The van der Waals surface area contributed by atoms with Gasteiger partial charge in [0.25, 0.3) is 0 Å². The van der Waals surface area contributed by atoms with Crippen molar-refractivity contribution in [2.75, 3.05) is 12.4 Å². The van der Waals surface area contributed by atoms with E-state index in [2.05, 4.69) is 37.2 Å². The van der Waals surface area contributed by atoms with Crippen LogP contribution in [0.1, 0.15) is 5.56 Å². The van der Waals surface area contributed by atoms with Crippen molar-refractivity contribution in [1.29, 1.82) is 0 Å². The molecule has 0 aliphatic rings. The van der Waals surface area contributed by atoms with E-state index in [1.807, 2.05) is 36.4 Å². The molecule has 0 saturated carbocycles. The Hall–Kier alpha value is -1.20. The number of phenolic OH excluding ortho intramolecular Hbond substituents is 1. The number of para-hydroxylation sites is 1. The minimum absolute atomic E-state index is 0.266. The van der Waals surface area contributed by atoms with Gasteiger partial charge in [-0.25, -0.2) is 0 Å². The minimum atomic E-state index is 0.266. The summed E-state index contributed by atoms with van der Waals surface area (Å²) in [6.07, 6.45) is 0. The van der Waals surface area contributed by atoms with Crippen LogP contribution in [0.2, 0.25) is 0 Å². The molecule has 0 fully saturated rings. The number of methoxy groups -OCH3 is 1. The first-order chi connectivity index (χ1) is 9.11. The van der Waals surface area contributed by atoms with Crippen LogP contribution < -0.4 is 10.1 Å². The second-order valence-electron chi connectivity index (χ2n) is 3.95. The summed E-state index contributed by atoms with van der Waals surface area (Å²) in [5, 5.41) is 13.2. The summed E-state index contributed by atoms with van der Waals surface area (Å²) in [6.45, 7) is 0.546. The van der Waals surface area contributed by atoms with E-state index in [4.69, 9.17) is 4.74 Å². The fraction of sp³-hybridized carbons (Fsp3) is 0.143. The molecule has 3 nitrogen and oxygen atoms in total. The molecule has 0 aliphatic carbocycles. The van der Waals surface area contributed by atoms with Crippen molar-refractivity contribution in [2.45, 2.75) is 6.54 Å². The zero-order chi connectivity index (χ0) is 13.8. The van der Waals surface area contributed by atoms with Gasteiger partial charge in [-0.15, -0.1) is 0 Å². The van der Waals surface area contributed by atoms with Crippen molar-refractivity contribution in [3.05, 3.63) is 50.9 Å². The molecule has 19 heavy (non-hydrogen) atoms. The quantitative estimate of drug-likeness (QED) is 0.810. The van der Waals surface area contributed by atoms with Gasteiger partial charge in [0.15, 0.2) is 0 Å². The smallest absolute Gasteiger partial charge is 0.134 e. The number of nitrogens with one attached hydrogen (secondary N) is 1. The molecule has 0 unspecified atom stereocenters. The van der Waals surface area contributed by atoms with Crippen LogP contribution in [0.3, 0.4) is 0 Å². The largest absolute Gasteiger partial charge is 0.506 e. The predicted octanol–water partition coefficient (Wildman–Crippen LogP) is 4.54. The Morgan fingerprint density at radius 1 is 1.16 bits per heavy atom. The van der Waals surface area contributed by atoms with Crippen molar-refractivity contribution >= 4 is 37.5 Å². The van der Waals surface area contributed by atoms with Gasteiger partial charge < -0.3 is 15.2 Å². The maximum atomic E-state index is 9.90. The number of hydrogen-bond acceptors (Lipinski definition) is 3. The molecule has 0 aromatic heterocycles. The molecule has 2 rings (SSSR count). The monoisotopic (exact) mass is 385 g/mol. The molecular weight excluding hydrogens is 374 g/mol. The highest BCUT2D eigenvalue weighted by Gasteiger charge is 2.05. The molecular formula is C14H13Br2NO2. The second kappa shape index (κ2) is 6.30. The van der Waals surface area contributed by atoms with Gasteiger partial charge in [0.1, 0.15) is 11.5 Å². The van der Waals surface area contributed by atoms with Gasteiger partial charge in [-0.1, -0.05) is 12.1 Å². The molecule has 2 N–H and O–H groups in total. The van der Waals surface area contributed by atoms with Crippen LogP contribution in [0, 0.1) is 0 Å². The topological polar surface area (TPSA) is 41.5 Å². The summed E-state index contributed by atoms with van der Waals surface area (Å²) in [5.41, 5.74) is 1.79. The third-order valence-corrected chi connectivity index (χ3v) is 3.96. The van der Waals surface area contributed by atoms with Crippen molar-refractivity contribution in [2.24, 2.45) is 0 Å². The van der Waals surface area contributed by atoms with Gasteiger partial charge in [-0.2, -0.15) is 0 Å². The Morgan fingerprint density at radius 3 is 2.63 bits per heavy atom. The van der Waals surface area contributed by atoms with E-state index in [9.17, 15) is 5.11 Å². The summed E-state index contributed by atoms with van der Waals surface area (Å²) in [4.78, 5) is 0. The number of anilines is 1. The van der Waals surface area contributed by atoms with Crippen LogP contribution in [-0.4, -0.2) is 12.2 Å². The SMILES string of the molecule is COc1ccc(NCc2cccc(Br)c2O)cc1Br. The maximum absolute atomic E-state index is 9.90. The molecule has 0 atom stereocenters. The van der Waals surface area contributed by atoms with Gasteiger partial charge in [-0.05, 0) is 56.1 Å². The zero-order valence-corrected chi connectivity index (χ0v) is 13.5. The first-order valence-corrected chi connectivity index (χ1v) is 7.24. The Labute approximate surface area is 128 Å². The molecule has 0 spiro atoms. The van der Waals surface area contributed by atoms with Crippen molar-refractivity contribution in [3.8, 4) is 11.5 Å².